The molecule has 112 valence electrons. The molecule has 0 saturated heterocycles. The summed E-state index contributed by atoms with van der Waals surface area (Å²) in [6.07, 6.45) is 6.06. The molecule has 0 spiro atoms. The fourth-order valence-corrected chi connectivity index (χ4v) is 3.79. The molecule has 1 aromatic rings. The normalized spacial score (nSPS) is 17.2. The predicted octanol–water partition coefficient (Wildman–Crippen LogP) is 3.12. The second kappa shape index (κ2) is 6.27. The zero-order valence-electron chi connectivity index (χ0n) is 12.8. The highest BCUT2D eigenvalue weighted by Gasteiger charge is 2.26. The number of thiophene rings is 1. The molecule has 0 radical (unpaired) electrons. The molecule has 1 aliphatic carbocycles. The molecular formula is C16H26N2OS. The second-order valence-corrected chi connectivity index (χ2v) is 7.88. The van der Waals surface area contributed by atoms with Crippen molar-refractivity contribution in [1.29, 1.82) is 0 Å². The maximum atomic E-state index is 12.4. The van der Waals surface area contributed by atoms with Gasteiger partial charge < -0.3 is 11.1 Å². The summed E-state index contributed by atoms with van der Waals surface area (Å²) in [6, 6.07) is 2.11. The van der Waals surface area contributed by atoms with E-state index in [1.54, 1.807) is 11.3 Å². The number of hydrogen-bond donors (Lipinski definition) is 2. The SMILES string of the molecule is CC(C)(C)C(CN)NC(=O)c1cc2c(s1)CCCCC2. The molecule has 20 heavy (non-hydrogen) atoms. The van der Waals surface area contributed by atoms with Gasteiger partial charge in [-0.2, -0.15) is 0 Å². The quantitative estimate of drug-likeness (QED) is 0.842. The molecule has 0 aromatic carbocycles. The third-order valence-electron chi connectivity index (χ3n) is 4.06. The largest absolute Gasteiger partial charge is 0.347 e. The number of nitrogens with one attached hydrogen (secondary N) is 1. The van der Waals surface area contributed by atoms with E-state index in [2.05, 4.69) is 32.2 Å². The van der Waals surface area contributed by atoms with Gasteiger partial charge in [0.05, 0.1) is 4.88 Å². The summed E-state index contributed by atoms with van der Waals surface area (Å²) in [4.78, 5) is 14.7. The van der Waals surface area contributed by atoms with Crippen LogP contribution in [0.25, 0.3) is 0 Å². The number of aryl methyl sites for hydroxylation is 2. The van der Waals surface area contributed by atoms with Gasteiger partial charge in [-0.25, -0.2) is 0 Å². The number of amides is 1. The van der Waals surface area contributed by atoms with Crippen LogP contribution in [0.3, 0.4) is 0 Å². The number of fused-ring (bicyclic) bond motifs is 1. The van der Waals surface area contributed by atoms with Crippen LogP contribution in [-0.4, -0.2) is 18.5 Å². The molecule has 0 bridgehead atoms. The van der Waals surface area contributed by atoms with Crippen molar-refractivity contribution in [2.24, 2.45) is 11.1 Å². The fraction of sp³-hybridized carbons (Fsp3) is 0.688. The van der Waals surface area contributed by atoms with Gasteiger partial charge in [-0.1, -0.05) is 27.2 Å². The third-order valence-corrected chi connectivity index (χ3v) is 5.29. The Morgan fingerprint density at radius 1 is 1.35 bits per heavy atom. The summed E-state index contributed by atoms with van der Waals surface area (Å²) in [5.41, 5.74) is 7.16. The number of rotatable bonds is 3. The first-order chi connectivity index (χ1) is 9.41. The Morgan fingerprint density at radius 3 is 2.70 bits per heavy atom. The van der Waals surface area contributed by atoms with Crippen molar-refractivity contribution in [3.05, 3.63) is 21.4 Å². The van der Waals surface area contributed by atoms with E-state index >= 15 is 0 Å². The van der Waals surface area contributed by atoms with E-state index in [1.807, 2.05) is 0 Å². The highest BCUT2D eigenvalue weighted by atomic mass is 32.1. The van der Waals surface area contributed by atoms with Gasteiger partial charge in [0.1, 0.15) is 0 Å². The summed E-state index contributed by atoms with van der Waals surface area (Å²) >= 11 is 1.67. The van der Waals surface area contributed by atoms with Crippen molar-refractivity contribution < 1.29 is 4.79 Å². The molecule has 1 heterocycles. The molecule has 3 N–H and O–H groups in total. The van der Waals surface area contributed by atoms with E-state index in [1.165, 1.54) is 29.7 Å². The lowest BCUT2D eigenvalue weighted by molar-refractivity contribution is 0.0909. The van der Waals surface area contributed by atoms with Gasteiger partial charge in [0.25, 0.3) is 5.91 Å². The van der Waals surface area contributed by atoms with Crippen LogP contribution in [0.2, 0.25) is 0 Å². The van der Waals surface area contributed by atoms with Gasteiger partial charge >= 0.3 is 0 Å². The van der Waals surface area contributed by atoms with Crippen LogP contribution in [0.15, 0.2) is 6.07 Å². The van der Waals surface area contributed by atoms with Gasteiger partial charge in [-0.3, -0.25) is 4.79 Å². The maximum absolute atomic E-state index is 12.4. The number of carbonyl (C=O) groups is 1. The van der Waals surface area contributed by atoms with Crippen molar-refractivity contribution in [3.8, 4) is 0 Å². The smallest absolute Gasteiger partial charge is 0.261 e. The molecule has 0 fully saturated rings. The highest BCUT2D eigenvalue weighted by molar-refractivity contribution is 7.14. The third kappa shape index (κ3) is 3.61. The Labute approximate surface area is 125 Å². The van der Waals surface area contributed by atoms with Crippen molar-refractivity contribution in [3.63, 3.8) is 0 Å². The summed E-state index contributed by atoms with van der Waals surface area (Å²) in [5, 5.41) is 3.09. The standard InChI is InChI=1S/C16H26N2OS/c1-16(2,3)14(10-17)18-15(19)13-9-11-7-5-4-6-8-12(11)20-13/h9,14H,4-8,10,17H2,1-3H3,(H,18,19). The van der Waals surface area contributed by atoms with Crippen molar-refractivity contribution in [2.45, 2.75) is 58.9 Å². The lowest BCUT2D eigenvalue weighted by Gasteiger charge is -2.30. The van der Waals surface area contributed by atoms with Crippen LogP contribution in [-0.2, 0) is 12.8 Å². The van der Waals surface area contributed by atoms with Crippen LogP contribution in [0.1, 0.15) is 60.1 Å². The van der Waals surface area contributed by atoms with Crippen molar-refractivity contribution >= 4 is 17.2 Å². The Kier molecular flexibility index (Phi) is 4.86. The zero-order chi connectivity index (χ0) is 14.8. The molecule has 1 atom stereocenters. The Balaban J connectivity index is 2.10. The highest BCUT2D eigenvalue weighted by Crippen LogP contribution is 2.29. The molecule has 0 aliphatic heterocycles. The van der Waals surface area contributed by atoms with Crippen LogP contribution in [0.4, 0.5) is 0 Å². The average molecular weight is 294 g/mol. The fourth-order valence-electron chi connectivity index (χ4n) is 2.64. The van der Waals surface area contributed by atoms with Gasteiger partial charge in [0.2, 0.25) is 0 Å². The first-order valence-electron chi connectivity index (χ1n) is 7.54. The van der Waals surface area contributed by atoms with E-state index < -0.39 is 0 Å². The van der Waals surface area contributed by atoms with Crippen LogP contribution >= 0.6 is 11.3 Å². The van der Waals surface area contributed by atoms with Crippen molar-refractivity contribution in [2.75, 3.05) is 6.54 Å². The Morgan fingerprint density at radius 2 is 2.05 bits per heavy atom. The monoisotopic (exact) mass is 294 g/mol. The number of carbonyl (C=O) groups excluding carboxylic acids is 1. The number of hydrogen-bond acceptors (Lipinski definition) is 3. The van der Waals surface area contributed by atoms with E-state index in [0.717, 1.165) is 17.7 Å². The van der Waals surface area contributed by atoms with Gasteiger partial charge in [0.15, 0.2) is 0 Å². The van der Waals surface area contributed by atoms with E-state index in [4.69, 9.17) is 5.73 Å². The second-order valence-electron chi connectivity index (χ2n) is 6.75. The van der Waals surface area contributed by atoms with Crippen LogP contribution in [0, 0.1) is 5.41 Å². The van der Waals surface area contributed by atoms with E-state index in [0.29, 0.717) is 6.54 Å². The summed E-state index contributed by atoms with van der Waals surface area (Å²) < 4.78 is 0. The van der Waals surface area contributed by atoms with Gasteiger partial charge in [0, 0.05) is 17.5 Å². The van der Waals surface area contributed by atoms with Crippen molar-refractivity contribution in [1.82, 2.24) is 5.32 Å². The molecule has 1 amide bonds. The molecular weight excluding hydrogens is 268 g/mol. The topological polar surface area (TPSA) is 55.1 Å². The molecule has 3 nitrogen and oxygen atoms in total. The van der Waals surface area contributed by atoms with E-state index in [-0.39, 0.29) is 17.4 Å². The number of nitrogens with two attached hydrogens (primary N) is 1. The lowest BCUT2D eigenvalue weighted by Crippen LogP contribution is -2.48. The van der Waals surface area contributed by atoms with Crippen LogP contribution < -0.4 is 11.1 Å². The predicted molar refractivity (Wildman–Crippen MR) is 85.3 cm³/mol. The molecule has 1 aliphatic rings. The lowest BCUT2D eigenvalue weighted by atomic mass is 9.87. The van der Waals surface area contributed by atoms with Crippen LogP contribution in [0.5, 0.6) is 0 Å². The molecule has 4 heteroatoms. The summed E-state index contributed by atoms with van der Waals surface area (Å²) in [7, 11) is 0. The minimum Gasteiger partial charge on any atom is -0.347 e. The minimum absolute atomic E-state index is 0.0110. The maximum Gasteiger partial charge on any atom is 0.261 e. The van der Waals surface area contributed by atoms with Gasteiger partial charge in [-0.05, 0) is 42.7 Å². The average Bonchev–Trinajstić information content (AvgIpc) is 2.66. The molecule has 1 unspecified atom stereocenters. The molecule has 1 aromatic heterocycles. The molecule has 2 rings (SSSR count). The summed E-state index contributed by atoms with van der Waals surface area (Å²) in [6.45, 7) is 6.79. The first-order valence-corrected chi connectivity index (χ1v) is 8.36. The minimum atomic E-state index is -0.0151. The molecule has 0 saturated carbocycles. The zero-order valence-corrected chi connectivity index (χ0v) is 13.6. The first kappa shape index (κ1) is 15.5. The Hall–Kier alpha value is -0.870. The van der Waals surface area contributed by atoms with E-state index in [9.17, 15) is 4.79 Å². The van der Waals surface area contributed by atoms with Gasteiger partial charge in [-0.15, -0.1) is 11.3 Å². The Bertz CT molecular complexity index is 450. The summed E-state index contributed by atoms with van der Waals surface area (Å²) in [5.74, 6) is 0.0356.